The van der Waals surface area contributed by atoms with Crippen molar-refractivity contribution in [2.24, 2.45) is 0 Å². The Morgan fingerprint density at radius 2 is 2.13 bits per heavy atom. The Hall–Kier alpha value is -0.730. The Labute approximate surface area is 96.4 Å². The number of halogens is 1. The lowest BCUT2D eigenvalue weighted by Gasteiger charge is -2.06. The molecule has 0 amide bonds. The third-order valence-electron chi connectivity index (χ3n) is 2.22. The van der Waals surface area contributed by atoms with Gasteiger partial charge in [-0.25, -0.2) is 0 Å². The first-order chi connectivity index (χ1) is 7.24. The summed E-state index contributed by atoms with van der Waals surface area (Å²) in [5.74, 6) is 0. The summed E-state index contributed by atoms with van der Waals surface area (Å²) in [6, 6.07) is 5.46. The highest BCUT2D eigenvalue weighted by molar-refractivity contribution is 6.31. The summed E-state index contributed by atoms with van der Waals surface area (Å²) >= 11 is 6.00. The van der Waals surface area contributed by atoms with E-state index in [9.17, 15) is 0 Å². The number of ether oxygens (including phenoxy) is 1. The number of hydrogen-bond acceptors (Lipinski definition) is 2. The first-order valence-electron chi connectivity index (χ1n) is 5.35. The summed E-state index contributed by atoms with van der Waals surface area (Å²) < 4.78 is 5.52. The van der Waals surface area contributed by atoms with E-state index in [0.29, 0.717) is 6.61 Å². The monoisotopic (exact) mass is 227 g/mol. The fourth-order valence-electron chi connectivity index (χ4n) is 1.34. The summed E-state index contributed by atoms with van der Waals surface area (Å²) in [6.07, 6.45) is 3.53. The van der Waals surface area contributed by atoms with Crippen LogP contribution in [0.2, 0.25) is 5.02 Å². The van der Waals surface area contributed by atoms with Crippen molar-refractivity contribution >= 4 is 17.3 Å². The molecule has 15 heavy (non-hydrogen) atoms. The summed E-state index contributed by atoms with van der Waals surface area (Å²) in [7, 11) is 0. The van der Waals surface area contributed by atoms with Crippen molar-refractivity contribution in [2.45, 2.75) is 32.8 Å². The molecule has 1 aromatic rings. The zero-order chi connectivity index (χ0) is 11.1. The van der Waals surface area contributed by atoms with Crippen molar-refractivity contribution in [1.29, 1.82) is 0 Å². The molecule has 0 bridgehead atoms. The molecule has 0 radical (unpaired) electrons. The van der Waals surface area contributed by atoms with Crippen LogP contribution in [0, 0.1) is 0 Å². The van der Waals surface area contributed by atoms with E-state index in [1.807, 2.05) is 12.1 Å². The van der Waals surface area contributed by atoms with Gasteiger partial charge in [0.25, 0.3) is 0 Å². The molecule has 0 fully saturated rings. The van der Waals surface area contributed by atoms with E-state index in [4.69, 9.17) is 22.1 Å². The number of unbranched alkanes of at least 4 members (excludes halogenated alkanes) is 2. The normalized spacial score (nSPS) is 10.5. The number of nitrogens with two attached hydrogens (primary N) is 1. The zero-order valence-electron chi connectivity index (χ0n) is 9.13. The van der Waals surface area contributed by atoms with Crippen molar-refractivity contribution in [1.82, 2.24) is 0 Å². The molecule has 0 atom stereocenters. The molecule has 2 N–H and O–H groups in total. The van der Waals surface area contributed by atoms with Gasteiger partial charge in [-0.15, -0.1) is 0 Å². The van der Waals surface area contributed by atoms with E-state index in [2.05, 4.69) is 6.92 Å². The minimum Gasteiger partial charge on any atom is -0.399 e. The predicted molar refractivity (Wildman–Crippen MR) is 65.0 cm³/mol. The van der Waals surface area contributed by atoms with Crippen LogP contribution in [0.4, 0.5) is 5.69 Å². The van der Waals surface area contributed by atoms with Gasteiger partial charge in [-0.2, -0.15) is 0 Å². The molecule has 0 aliphatic heterocycles. The van der Waals surface area contributed by atoms with Gasteiger partial charge in [-0.05, 0) is 30.2 Å². The van der Waals surface area contributed by atoms with E-state index >= 15 is 0 Å². The number of hydrogen-bond donors (Lipinski definition) is 1. The van der Waals surface area contributed by atoms with Gasteiger partial charge < -0.3 is 10.5 Å². The van der Waals surface area contributed by atoms with Gasteiger partial charge >= 0.3 is 0 Å². The minimum atomic E-state index is 0.549. The van der Waals surface area contributed by atoms with Gasteiger partial charge in [0, 0.05) is 17.3 Å². The van der Waals surface area contributed by atoms with Gasteiger partial charge in [0.05, 0.1) is 6.61 Å². The topological polar surface area (TPSA) is 35.2 Å². The van der Waals surface area contributed by atoms with E-state index in [-0.39, 0.29) is 0 Å². The Morgan fingerprint density at radius 1 is 1.33 bits per heavy atom. The van der Waals surface area contributed by atoms with Gasteiger partial charge in [0.15, 0.2) is 0 Å². The highest BCUT2D eigenvalue weighted by atomic mass is 35.5. The molecular weight excluding hydrogens is 210 g/mol. The third-order valence-corrected chi connectivity index (χ3v) is 2.59. The Balaban J connectivity index is 2.33. The summed E-state index contributed by atoms with van der Waals surface area (Å²) in [6.45, 7) is 3.52. The second kappa shape index (κ2) is 6.70. The van der Waals surface area contributed by atoms with Gasteiger partial charge in [-0.1, -0.05) is 31.4 Å². The number of benzene rings is 1. The van der Waals surface area contributed by atoms with Crippen LogP contribution in [0.5, 0.6) is 0 Å². The molecule has 0 aliphatic rings. The maximum Gasteiger partial charge on any atom is 0.0732 e. The average molecular weight is 228 g/mol. The highest BCUT2D eigenvalue weighted by Crippen LogP contribution is 2.19. The molecule has 84 valence electrons. The zero-order valence-corrected chi connectivity index (χ0v) is 9.89. The lowest BCUT2D eigenvalue weighted by molar-refractivity contribution is 0.117. The lowest BCUT2D eigenvalue weighted by Crippen LogP contribution is -1.97. The smallest absolute Gasteiger partial charge is 0.0732 e. The van der Waals surface area contributed by atoms with Crippen LogP contribution < -0.4 is 5.73 Å². The molecule has 0 spiro atoms. The van der Waals surface area contributed by atoms with Crippen molar-refractivity contribution in [3.05, 3.63) is 28.8 Å². The first kappa shape index (κ1) is 12.3. The molecular formula is C12H18ClNO. The van der Waals surface area contributed by atoms with Gasteiger partial charge in [0.1, 0.15) is 0 Å². The fourth-order valence-corrected chi connectivity index (χ4v) is 1.51. The molecule has 1 aromatic carbocycles. The minimum absolute atomic E-state index is 0.549. The van der Waals surface area contributed by atoms with E-state index < -0.39 is 0 Å². The summed E-state index contributed by atoms with van der Waals surface area (Å²) in [4.78, 5) is 0. The molecule has 0 aromatic heterocycles. The summed E-state index contributed by atoms with van der Waals surface area (Å²) in [5.41, 5.74) is 7.36. The quantitative estimate of drug-likeness (QED) is 0.595. The highest BCUT2D eigenvalue weighted by Gasteiger charge is 2.00. The van der Waals surface area contributed by atoms with E-state index in [0.717, 1.165) is 29.3 Å². The van der Waals surface area contributed by atoms with Crippen LogP contribution >= 0.6 is 11.6 Å². The Bertz CT molecular complexity index is 302. The van der Waals surface area contributed by atoms with Crippen LogP contribution in [0.15, 0.2) is 18.2 Å². The van der Waals surface area contributed by atoms with Crippen LogP contribution in [-0.4, -0.2) is 6.61 Å². The molecule has 2 nitrogen and oxygen atoms in total. The van der Waals surface area contributed by atoms with E-state index in [1.54, 1.807) is 6.07 Å². The van der Waals surface area contributed by atoms with Crippen LogP contribution in [-0.2, 0) is 11.3 Å². The molecule has 0 heterocycles. The molecule has 0 saturated carbocycles. The SMILES string of the molecule is CCCCCOCc1cc(N)ccc1Cl. The maximum absolute atomic E-state index is 6.00. The molecule has 1 rings (SSSR count). The largest absolute Gasteiger partial charge is 0.399 e. The summed E-state index contributed by atoms with van der Waals surface area (Å²) in [5, 5.41) is 0.722. The third kappa shape index (κ3) is 4.54. The van der Waals surface area contributed by atoms with E-state index in [1.165, 1.54) is 12.8 Å². The second-order valence-electron chi connectivity index (χ2n) is 3.61. The Morgan fingerprint density at radius 3 is 2.87 bits per heavy atom. The van der Waals surface area contributed by atoms with Crippen LogP contribution in [0.3, 0.4) is 0 Å². The van der Waals surface area contributed by atoms with Crippen LogP contribution in [0.1, 0.15) is 31.7 Å². The first-order valence-corrected chi connectivity index (χ1v) is 5.73. The van der Waals surface area contributed by atoms with Crippen molar-refractivity contribution in [3.8, 4) is 0 Å². The number of nitrogen functional groups attached to an aromatic ring is 1. The molecule has 0 saturated heterocycles. The second-order valence-corrected chi connectivity index (χ2v) is 4.02. The lowest BCUT2D eigenvalue weighted by atomic mass is 10.2. The fraction of sp³-hybridized carbons (Fsp3) is 0.500. The standard InChI is InChI=1S/C12H18ClNO/c1-2-3-4-7-15-9-10-8-11(14)5-6-12(10)13/h5-6,8H,2-4,7,9,14H2,1H3. The molecule has 3 heteroatoms. The van der Waals surface area contributed by atoms with Gasteiger partial charge in [-0.3, -0.25) is 0 Å². The number of anilines is 1. The number of rotatable bonds is 6. The molecule has 0 unspecified atom stereocenters. The maximum atomic E-state index is 6.00. The van der Waals surface area contributed by atoms with Crippen LogP contribution in [0.25, 0.3) is 0 Å². The van der Waals surface area contributed by atoms with Crippen molar-refractivity contribution in [2.75, 3.05) is 12.3 Å². The Kier molecular flexibility index (Phi) is 5.51. The molecule has 0 aliphatic carbocycles. The predicted octanol–water partition coefficient (Wildman–Crippen LogP) is 3.63. The average Bonchev–Trinajstić information content (AvgIpc) is 2.23. The van der Waals surface area contributed by atoms with Crippen molar-refractivity contribution in [3.63, 3.8) is 0 Å². The van der Waals surface area contributed by atoms with Gasteiger partial charge in [0.2, 0.25) is 0 Å². The van der Waals surface area contributed by atoms with Crippen molar-refractivity contribution < 1.29 is 4.74 Å².